The van der Waals surface area contributed by atoms with Gasteiger partial charge in [0.25, 0.3) is 0 Å². The van der Waals surface area contributed by atoms with Crippen LogP contribution in [0.3, 0.4) is 0 Å². The number of nitrogens with zero attached hydrogens (tertiary/aromatic N) is 2. The van der Waals surface area contributed by atoms with Gasteiger partial charge in [-0.15, -0.1) is 0 Å². The Labute approximate surface area is 197 Å². The van der Waals surface area contributed by atoms with Gasteiger partial charge in [-0.25, -0.2) is 9.97 Å². The Morgan fingerprint density at radius 3 is 1.97 bits per heavy atom. The molecule has 0 spiro atoms. The second-order valence-electron chi connectivity index (χ2n) is 8.27. The number of aliphatic hydroxyl groups excluding tert-OH is 1. The first kappa shape index (κ1) is 27.8. The zero-order valence-corrected chi connectivity index (χ0v) is 20.1. The Balaban J connectivity index is 1.43. The second-order valence-corrected chi connectivity index (χ2v) is 8.27. The standard InChI is InChI=1S/C24H40N2O7/c1-24(6-3-21(4-7-24)23-25-8-5-22(19-27)26-23)20-33-18-17-32-16-15-31-14-13-30-12-11-29-10-9-28-2/h3,5,8,27H,4,6-7,9-20H2,1-2H3/t24-/m1/s1. The minimum Gasteiger partial charge on any atom is -0.390 e. The molecule has 1 aliphatic rings. The van der Waals surface area contributed by atoms with Crippen molar-refractivity contribution in [1.82, 2.24) is 9.97 Å². The van der Waals surface area contributed by atoms with Crippen LogP contribution in [-0.2, 0) is 35.0 Å². The van der Waals surface area contributed by atoms with Crippen LogP contribution in [0.4, 0.5) is 0 Å². The molecule has 0 amide bonds. The number of ether oxygens (including phenoxy) is 6. The lowest BCUT2D eigenvalue weighted by molar-refractivity contribution is -0.0223. The number of aromatic nitrogens is 2. The van der Waals surface area contributed by atoms with Gasteiger partial charge >= 0.3 is 0 Å². The van der Waals surface area contributed by atoms with Crippen molar-refractivity contribution in [3.05, 3.63) is 29.9 Å². The molecule has 1 N–H and O–H groups in total. The summed E-state index contributed by atoms with van der Waals surface area (Å²) in [4.78, 5) is 8.75. The van der Waals surface area contributed by atoms with E-state index >= 15 is 0 Å². The van der Waals surface area contributed by atoms with E-state index in [1.807, 2.05) is 0 Å². The number of rotatable bonds is 19. The summed E-state index contributed by atoms with van der Waals surface area (Å²) < 4.78 is 32.5. The summed E-state index contributed by atoms with van der Waals surface area (Å²) in [6.07, 6.45) is 6.75. The Kier molecular flexibility index (Phi) is 14.4. The van der Waals surface area contributed by atoms with Crippen molar-refractivity contribution in [2.24, 2.45) is 5.41 Å². The summed E-state index contributed by atoms with van der Waals surface area (Å²) >= 11 is 0. The highest BCUT2D eigenvalue weighted by atomic mass is 16.6. The zero-order valence-electron chi connectivity index (χ0n) is 20.1. The number of aliphatic hydroxyl groups is 1. The van der Waals surface area contributed by atoms with E-state index in [4.69, 9.17) is 28.4 Å². The third kappa shape index (κ3) is 12.0. The normalized spacial score (nSPS) is 18.5. The molecule has 0 aromatic carbocycles. The molecule has 2 rings (SSSR count). The maximum atomic E-state index is 9.26. The van der Waals surface area contributed by atoms with E-state index in [0.717, 1.165) is 30.7 Å². The molecule has 0 saturated heterocycles. The van der Waals surface area contributed by atoms with Gasteiger partial charge in [-0.1, -0.05) is 13.0 Å². The summed E-state index contributed by atoms with van der Waals surface area (Å²) in [5, 5.41) is 9.26. The van der Waals surface area contributed by atoms with Gasteiger partial charge in [-0.2, -0.15) is 0 Å². The van der Waals surface area contributed by atoms with Crippen LogP contribution < -0.4 is 0 Å². The highest BCUT2D eigenvalue weighted by Crippen LogP contribution is 2.37. The molecule has 9 heteroatoms. The van der Waals surface area contributed by atoms with Crippen LogP contribution in [0.2, 0.25) is 0 Å². The molecule has 1 aromatic rings. The summed E-state index contributed by atoms with van der Waals surface area (Å²) in [6.45, 7) is 8.48. The molecule has 0 saturated carbocycles. The molecule has 188 valence electrons. The van der Waals surface area contributed by atoms with Gasteiger partial charge in [0.2, 0.25) is 0 Å². The molecule has 0 aliphatic heterocycles. The van der Waals surface area contributed by atoms with Crippen LogP contribution >= 0.6 is 0 Å². The maximum absolute atomic E-state index is 9.26. The molecule has 1 aromatic heterocycles. The predicted molar refractivity (Wildman–Crippen MR) is 124 cm³/mol. The fraction of sp³-hybridized carbons (Fsp3) is 0.750. The SMILES string of the molecule is COCCOCCOCCOCCOCCOC[C@]1(C)CC=C(c2nccc(CO)n2)CC1. The third-order valence-corrected chi connectivity index (χ3v) is 5.37. The lowest BCUT2D eigenvalue weighted by atomic mass is 9.77. The van der Waals surface area contributed by atoms with Crippen LogP contribution in [0.15, 0.2) is 18.3 Å². The van der Waals surface area contributed by atoms with Crippen LogP contribution in [0.5, 0.6) is 0 Å². The quantitative estimate of drug-likeness (QED) is 0.306. The summed E-state index contributed by atoms with van der Waals surface area (Å²) in [6, 6.07) is 1.73. The molecule has 1 aliphatic carbocycles. The van der Waals surface area contributed by atoms with Gasteiger partial charge in [0.15, 0.2) is 5.82 Å². The van der Waals surface area contributed by atoms with Crippen molar-refractivity contribution >= 4 is 5.57 Å². The molecular formula is C24H40N2O7. The summed E-state index contributed by atoms with van der Waals surface area (Å²) in [7, 11) is 1.65. The lowest BCUT2D eigenvalue weighted by Crippen LogP contribution is -2.26. The minimum atomic E-state index is -0.0666. The second kappa shape index (κ2) is 17.0. The monoisotopic (exact) mass is 468 g/mol. The smallest absolute Gasteiger partial charge is 0.155 e. The van der Waals surface area contributed by atoms with E-state index in [1.165, 1.54) is 0 Å². The first-order valence-corrected chi connectivity index (χ1v) is 11.7. The molecule has 0 unspecified atom stereocenters. The third-order valence-electron chi connectivity index (χ3n) is 5.37. The highest BCUT2D eigenvalue weighted by Gasteiger charge is 2.28. The lowest BCUT2D eigenvalue weighted by Gasteiger charge is -2.32. The zero-order chi connectivity index (χ0) is 23.6. The number of hydrogen-bond acceptors (Lipinski definition) is 9. The maximum Gasteiger partial charge on any atom is 0.155 e. The van der Waals surface area contributed by atoms with Crippen molar-refractivity contribution in [3.8, 4) is 0 Å². The predicted octanol–water partition coefficient (Wildman–Crippen LogP) is 2.27. The molecule has 0 bridgehead atoms. The van der Waals surface area contributed by atoms with Crippen LogP contribution in [0.25, 0.3) is 5.57 Å². The van der Waals surface area contributed by atoms with Crippen molar-refractivity contribution < 1.29 is 33.5 Å². The van der Waals surface area contributed by atoms with Crippen LogP contribution in [0.1, 0.15) is 37.7 Å². The number of hydrogen-bond donors (Lipinski definition) is 1. The average molecular weight is 469 g/mol. The van der Waals surface area contributed by atoms with Gasteiger partial charge < -0.3 is 33.5 Å². The van der Waals surface area contributed by atoms with Crippen LogP contribution in [0, 0.1) is 5.41 Å². The Morgan fingerprint density at radius 2 is 1.45 bits per heavy atom. The Hall–Kier alpha value is -1.46. The first-order valence-electron chi connectivity index (χ1n) is 11.7. The fourth-order valence-corrected chi connectivity index (χ4v) is 3.32. The fourth-order valence-electron chi connectivity index (χ4n) is 3.32. The molecule has 9 nitrogen and oxygen atoms in total. The number of allylic oxidation sites excluding steroid dienone is 2. The van der Waals surface area contributed by atoms with E-state index in [2.05, 4.69) is 23.0 Å². The van der Waals surface area contributed by atoms with E-state index in [0.29, 0.717) is 78.4 Å². The van der Waals surface area contributed by atoms with Crippen LogP contribution in [-0.4, -0.2) is 94.9 Å². The summed E-state index contributed by atoms with van der Waals surface area (Å²) in [5.74, 6) is 0.721. The largest absolute Gasteiger partial charge is 0.390 e. The summed E-state index contributed by atoms with van der Waals surface area (Å²) in [5.41, 5.74) is 1.90. The van der Waals surface area contributed by atoms with Gasteiger partial charge in [-0.05, 0) is 36.3 Å². The van der Waals surface area contributed by atoms with E-state index in [-0.39, 0.29) is 12.0 Å². The molecule has 1 atom stereocenters. The van der Waals surface area contributed by atoms with Gasteiger partial charge in [0.1, 0.15) is 0 Å². The average Bonchev–Trinajstić information content (AvgIpc) is 2.84. The van der Waals surface area contributed by atoms with E-state index in [9.17, 15) is 5.11 Å². The van der Waals surface area contributed by atoms with Gasteiger partial charge in [0, 0.05) is 13.3 Å². The van der Waals surface area contributed by atoms with Gasteiger partial charge in [-0.3, -0.25) is 0 Å². The number of methoxy groups -OCH3 is 1. The van der Waals surface area contributed by atoms with Crippen molar-refractivity contribution in [2.75, 3.05) is 79.8 Å². The van der Waals surface area contributed by atoms with Crippen molar-refractivity contribution in [1.29, 1.82) is 0 Å². The van der Waals surface area contributed by atoms with E-state index < -0.39 is 0 Å². The van der Waals surface area contributed by atoms with E-state index in [1.54, 1.807) is 19.4 Å². The Morgan fingerprint density at radius 1 is 0.879 bits per heavy atom. The topological polar surface area (TPSA) is 101 Å². The first-order chi connectivity index (χ1) is 16.2. The molecule has 0 fully saturated rings. The highest BCUT2D eigenvalue weighted by molar-refractivity contribution is 5.60. The Bertz CT molecular complexity index is 674. The van der Waals surface area contributed by atoms with Gasteiger partial charge in [0.05, 0.1) is 85.0 Å². The van der Waals surface area contributed by atoms with Crippen molar-refractivity contribution in [2.45, 2.75) is 32.8 Å². The minimum absolute atomic E-state index is 0.0666. The molecule has 1 heterocycles. The molecule has 0 radical (unpaired) electrons. The molecule has 33 heavy (non-hydrogen) atoms. The molecular weight excluding hydrogens is 428 g/mol. The van der Waals surface area contributed by atoms with Crippen molar-refractivity contribution in [3.63, 3.8) is 0 Å².